The summed E-state index contributed by atoms with van der Waals surface area (Å²) >= 11 is 0. The van der Waals surface area contributed by atoms with E-state index in [1.807, 2.05) is 0 Å². The number of aliphatic hydroxyl groups is 1. The Labute approximate surface area is 213 Å². The molecule has 1 saturated heterocycles. The normalized spacial score (nSPS) is 17.4. The van der Waals surface area contributed by atoms with E-state index in [4.69, 9.17) is 17.2 Å². The van der Waals surface area contributed by atoms with Crippen molar-refractivity contribution < 1.29 is 34.5 Å². The number of carbonyl (C=O) groups is 4. The molecule has 14 nitrogen and oxygen atoms in total. The first-order valence-corrected chi connectivity index (χ1v) is 11.9. The minimum absolute atomic E-state index is 0.0600. The molecular weight excluding hydrogens is 486 g/mol. The third kappa shape index (κ3) is 8.91. The Bertz CT molecular complexity index is 982. The number of carboxylic acid groups (broad SMARTS) is 1. The summed E-state index contributed by atoms with van der Waals surface area (Å²) in [7, 11) is 0. The van der Waals surface area contributed by atoms with Crippen LogP contribution in [0.1, 0.15) is 31.2 Å². The van der Waals surface area contributed by atoms with Gasteiger partial charge in [0.05, 0.1) is 12.6 Å². The van der Waals surface area contributed by atoms with Crippen LogP contribution in [0, 0.1) is 0 Å². The first-order valence-electron chi connectivity index (χ1n) is 11.9. The third-order valence-electron chi connectivity index (χ3n) is 5.93. The van der Waals surface area contributed by atoms with Gasteiger partial charge in [-0.2, -0.15) is 0 Å². The molecule has 11 N–H and O–H groups in total. The highest BCUT2D eigenvalue weighted by Crippen LogP contribution is 2.20. The number of nitrogens with two attached hydrogens (primary N) is 3. The molecular formula is C23H35N7O7. The minimum atomic E-state index is -1.40. The van der Waals surface area contributed by atoms with Crippen molar-refractivity contribution in [1.82, 2.24) is 15.5 Å². The van der Waals surface area contributed by atoms with Gasteiger partial charge in [0.15, 0.2) is 5.96 Å². The van der Waals surface area contributed by atoms with E-state index in [2.05, 4.69) is 15.6 Å². The second kappa shape index (κ2) is 14.0. The van der Waals surface area contributed by atoms with E-state index in [0.717, 1.165) is 0 Å². The molecule has 0 bridgehead atoms. The number of aliphatic hydroxyl groups excluding tert-OH is 1. The number of phenols is 1. The number of aliphatic carboxylic acids is 1. The second-order valence-corrected chi connectivity index (χ2v) is 8.76. The number of likely N-dealkylation sites (tertiary alicyclic amines) is 1. The van der Waals surface area contributed by atoms with Gasteiger partial charge in [0.1, 0.15) is 23.9 Å². The van der Waals surface area contributed by atoms with Gasteiger partial charge in [-0.05, 0) is 49.8 Å². The molecule has 0 spiro atoms. The average molecular weight is 522 g/mol. The van der Waals surface area contributed by atoms with Crippen LogP contribution >= 0.6 is 0 Å². The van der Waals surface area contributed by atoms with Crippen LogP contribution in [0.2, 0.25) is 0 Å². The SMILES string of the molecule is NC(N)=NCCCC(NC(=O)C(CO)NC(=O)C(N)Cc1ccc(O)cc1)C(=O)N1CCCC1C(=O)O. The van der Waals surface area contributed by atoms with Crippen molar-refractivity contribution >= 4 is 29.7 Å². The Morgan fingerprint density at radius 1 is 1.08 bits per heavy atom. The quantitative estimate of drug-likeness (QED) is 0.0760. The highest BCUT2D eigenvalue weighted by molar-refractivity contribution is 5.94. The molecule has 4 atom stereocenters. The second-order valence-electron chi connectivity index (χ2n) is 8.76. The number of carbonyl (C=O) groups excluding carboxylic acids is 3. The van der Waals surface area contributed by atoms with Crippen molar-refractivity contribution in [1.29, 1.82) is 0 Å². The van der Waals surface area contributed by atoms with Crippen LogP contribution in [-0.4, -0.2) is 93.7 Å². The number of phenolic OH excluding ortho intramolecular Hbond substituents is 1. The summed E-state index contributed by atoms with van der Waals surface area (Å²) in [5.41, 5.74) is 17.2. The summed E-state index contributed by atoms with van der Waals surface area (Å²) in [6.07, 6.45) is 1.31. The lowest BCUT2D eigenvalue weighted by Crippen LogP contribution is -2.58. The number of rotatable bonds is 13. The highest BCUT2D eigenvalue weighted by atomic mass is 16.4. The predicted octanol–water partition coefficient (Wildman–Crippen LogP) is -2.65. The molecule has 3 amide bonds. The number of aromatic hydroxyl groups is 1. The van der Waals surface area contributed by atoms with Gasteiger partial charge in [-0.3, -0.25) is 19.4 Å². The zero-order chi connectivity index (χ0) is 27.5. The molecule has 37 heavy (non-hydrogen) atoms. The van der Waals surface area contributed by atoms with Crippen LogP contribution < -0.4 is 27.8 Å². The largest absolute Gasteiger partial charge is 0.508 e. The zero-order valence-electron chi connectivity index (χ0n) is 20.4. The molecule has 1 aromatic carbocycles. The average Bonchev–Trinajstić information content (AvgIpc) is 3.35. The molecule has 1 aromatic rings. The molecule has 1 aliphatic heterocycles. The molecule has 14 heteroatoms. The molecule has 1 fully saturated rings. The van der Waals surface area contributed by atoms with Gasteiger partial charge in [-0.25, -0.2) is 4.79 Å². The number of hydrogen-bond donors (Lipinski definition) is 8. The molecule has 0 aromatic heterocycles. The van der Waals surface area contributed by atoms with Crippen molar-refractivity contribution in [2.24, 2.45) is 22.2 Å². The number of benzene rings is 1. The van der Waals surface area contributed by atoms with E-state index in [1.54, 1.807) is 12.1 Å². The van der Waals surface area contributed by atoms with Crippen LogP contribution in [-0.2, 0) is 25.6 Å². The number of carboxylic acids is 1. The number of nitrogens with one attached hydrogen (secondary N) is 2. The maximum Gasteiger partial charge on any atom is 0.326 e. The lowest BCUT2D eigenvalue weighted by molar-refractivity contribution is -0.149. The summed E-state index contributed by atoms with van der Waals surface area (Å²) < 4.78 is 0. The summed E-state index contributed by atoms with van der Waals surface area (Å²) in [6.45, 7) is -0.362. The summed E-state index contributed by atoms with van der Waals surface area (Å²) in [4.78, 5) is 55.2. The number of hydrogen-bond acceptors (Lipinski definition) is 8. The Morgan fingerprint density at radius 2 is 1.73 bits per heavy atom. The maximum atomic E-state index is 13.2. The maximum absolute atomic E-state index is 13.2. The van der Waals surface area contributed by atoms with Crippen molar-refractivity contribution in [2.75, 3.05) is 19.7 Å². The van der Waals surface area contributed by atoms with Crippen molar-refractivity contribution in [3.05, 3.63) is 29.8 Å². The van der Waals surface area contributed by atoms with E-state index in [9.17, 15) is 34.5 Å². The Balaban J connectivity index is 2.06. The molecule has 0 aliphatic carbocycles. The zero-order valence-corrected chi connectivity index (χ0v) is 20.4. The number of aliphatic imine (C=N–C) groups is 1. The molecule has 4 unspecified atom stereocenters. The van der Waals surface area contributed by atoms with Gasteiger partial charge in [0.2, 0.25) is 17.7 Å². The van der Waals surface area contributed by atoms with Gasteiger partial charge >= 0.3 is 5.97 Å². The molecule has 1 heterocycles. The Kier molecular flexibility index (Phi) is 11.1. The highest BCUT2D eigenvalue weighted by Gasteiger charge is 2.38. The minimum Gasteiger partial charge on any atom is -0.508 e. The van der Waals surface area contributed by atoms with Crippen LogP contribution in [0.3, 0.4) is 0 Å². The van der Waals surface area contributed by atoms with Crippen molar-refractivity contribution in [2.45, 2.75) is 56.3 Å². The van der Waals surface area contributed by atoms with Crippen LogP contribution in [0.25, 0.3) is 0 Å². The Morgan fingerprint density at radius 3 is 2.32 bits per heavy atom. The van der Waals surface area contributed by atoms with Gasteiger partial charge < -0.3 is 48.1 Å². The van der Waals surface area contributed by atoms with Crippen molar-refractivity contribution in [3.8, 4) is 5.75 Å². The lowest BCUT2D eigenvalue weighted by Gasteiger charge is -2.28. The van der Waals surface area contributed by atoms with Gasteiger partial charge in [0.25, 0.3) is 0 Å². The number of nitrogens with zero attached hydrogens (tertiary/aromatic N) is 2. The van der Waals surface area contributed by atoms with E-state index < -0.39 is 54.5 Å². The third-order valence-corrected chi connectivity index (χ3v) is 5.93. The fourth-order valence-electron chi connectivity index (χ4n) is 3.97. The topological polar surface area (TPSA) is 247 Å². The molecule has 204 valence electrons. The van der Waals surface area contributed by atoms with Crippen molar-refractivity contribution in [3.63, 3.8) is 0 Å². The fraction of sp³-hybridized carbons (Fsp3) is 0.522. The summed E-state index contributed by atoms with van der Waals surface area (Å²) in [6, 6.07) is 1.51. The summed E-state index contributed by atoms with van der Waals surface area (Å²) in [5, 5.41) is 33.4. The van der Waals surface area contributed by atoms with Crippen LogP contribution in [0.15, 0.2) is 29.3 Å². The number of amides is 3. The van der Waals surface area contributed by atoms with E-state index in [-0.39, 0.29) is 37.6 Å². The van der Waals surface area contributed by atoms with Gasteiger partial charge in [-0.1, -0.05) is 12.1 Å². The molecule has 2 rings (SSSR count). The Hall–Kier alpha value is -3.91. The van der Waals surface area contributed by atoms with E-state index >= 15 is 0 Å². The monoisotopic (exact) mass is 521 g/mol. The first kappa shape index (κ1) is 29.3. The van der Waals surface area contributed by atoms with E-state index in [1.165, 1.54) is 17.0 Å². The number of guanidine groups is 1. The standard InChI is InChI=1S/C23H35N7O7/c24-15(11-13-5-7-14(32)8-6-13)19(33)29-17(12-31)20(34)28-16(3-1-9-27-23(25)26)21(35)30-10-2-4-18(30)22(36)37/h5-8,15-18,31-32H,1-4,9-12,24H2,(H,28,34)(H,29,33)(H,36,37)(H4,25,26,27). The molecule has 1 aliphatic rings. The summed E-state index contributed by atoms with van der Waals surface area (Å²) in [5.74, 6) is -3.34. The van der Waals surface area contributed by atoms with Crippen LogP contribution in [0.5, 0.6) is 5.75 Å². The smallest absolute Gasteiger partial charge is 0.326 e. The predicted molar refractivity (Wildman–Crippen MR) is 133 cm³/mol. The molecule has 0 radical (unpaired) electrons. The van der Waals surface area contributed by atoms with E-state index in [0.29, 0.717) is 24.8 Å². The van der Waals surface area contributed by atoms with Crippen LogP contribution in [0.4, 0.5) is 0 Å². The van der Waals surface area contributed by atoms with Gasteiger partial charge in [-0.15, -0.1) is 0 Å². The molecule has 0 saturated carbocycles. The fourth-order valence-corrected chi connectivity index (χ4v) is 3.97. The lowest BCUT2D eigenvalue weighted by atomic mass is 10.1. The van der Waals surface area contributed by atoms with Gasteiger partial charge in [0, 0.05) is 13.1 Å². The first-order chi connectivity index (χ1) is 17.5.